The fourth-order valence-electron chi connectivity index (χ4n) is 0.451. The van der Waals surface area contributed by atoms with E-state index in [1.807, 2.05) is 13.8 Å². The van der Waals surface area contributed by atoms with E-state index >= 15 is 0 Å². The van der Waals surface area contributed by atoms with Crippen LogP contribution in [-0.4, -0.2) is 18.0 Å². The molecular formula is C7H16N2O. The van der Waals surface area contributed by atoms with E-state index in [-0.39, 0.29) is 18.0 Å². The molecule has 3 N–H and O–H groups in total. The van der Waals surface area contributed by atoms with Gasteiger partial charge in [0.1, 0.15) is 0 Å². The summed E-state index contributed by atoms with van der Waals surface area (Å²) in [6.45, 7) is 6.40. The molecule has 3 nitrogen and oxygen atoms in total. The molecule has 1 amide bonds. The molecule has 0 saturated carbocycles. The number of primary amides is 1. The van der Waals surface area contributed by atoms with Gasteiger partial charge in [-0.1, -0.05) is 6.92 Å². The minimum Gasteiger partial charge on any atom is -0.369 e. The molecule has 0 atom stereocenters. The Morgan fingerprint density at radius 3 is 2.40 bits per heavy atom. The molecule has 0 unspecified atom stereocenters. The van der Waals surface area contributed by atoms with E-state index in [0.29, 0.717) is 0 Å². The second-order valence-corrected chi connectivity index (χ2v) is 3.06. The van der Waals surface area contributed by atoms with Crippen LogP contribution in [0.4, 0.5) is 0 Å². The third-order valence-corrected chi connectivity index (χ3v) is 1.63. The molecule has 10 heavy (non-hydrogen) atoms. The normalized spacial score (nSPS) is 11.5. The summed E-state index contributed by atoms with van der Waals surface area (Å²) in [5.74, 6) is -0.304. The van der Waals surface area contributed by atoms with Gasteiger partial charge in [-0.3, -0.25) is 4.79 Å². The Morgan fingerprint density at radius 1 is 1.60 bits per heavy atom. The molecule has 3 heteroatoms. The van der Waals surface area contributed by atoms with Crippen molar-refractivity contribution in [3.8, 4) is 0 Å². The molecular weight excluding hydrogens is 128 g/mol. The standard InChI is InChI=1S/C7H16N2O/c1-4-7(2,3)9-5-6(8)10/h9H,4-5H2,1-3H3,(H2,8,10). The smallest absolute Gasteiger partial charge is 0.231 e. The quantitative estimate of drug-likeness (QED) is 0.594. The molecule has 0 rings (SSSR count). The molecule has 0 aliphatic heterocycles. The van der Waals surface area contributed by atoms with Crippen molar-refractivity contribution in [2.75, 3.05) is 6.54 Å². The molecule has 0 aromatic carbocycles. The van der Waals surface area contributed by atoms with E-state index in [0.717, 1.165) is 6.42 Å². The van der Waals surface area contributed by atoms with Crippen LogP contribution in [0, 0.1) is 0 Å². The molecule has 0 aromatic rings. The summed E-state index contributed by atoms with van der Waals surface area (Å²) < 4.78 is 0. The molecule has 0 aliphatic carbocycles. The van der Waals surface area contributed by atoms with Gasteiger partial charge >= 0.3 is 0 Å². The number of carbonyl (C=O) groups excluding carboxylic acids is 1. The first-order valence-corrected chi connectivity index (χ1v) is 3.51. The van der Waals surface area contributed by atoms with Crippen LogP contribution in [0.15, 0.2) is 0 Å². The molecule has 0 aliphatic rings. The lowest BCUT2D eigenvalue weighted by Crippen LogP contribution is -2.43. The zero-order chi connectivity index (χ0) is 8.20. The van der Waals surface area contributed by atoms with Crippen LogP contribution >= 0.6 is 0 Å². The summed E-state index contributed by atoms with van der Waals surface area (Å²) in [6, 6.07) is 0. The van der Waals surface area contributed by atoms with Crippen molar-refractivity contribution in [1.29, 1.82) is 0 Å². The molecule has 0 radical (unpaired) electrons. The first-order valence-electron chi connectivity index (χ1n) is 3.51. The average Bonchev–Trinajstić information content (AvgIpc) is 1.85. The van der Waals surface area contributed by atoms with Crippen molar-refractivity contribution in [2.45, 2.75) is 32.7 Å². The first kappa shape index (κ1) is 9.43. The Hall–Kier alpha value is -0.570. The topological polar surface area (TPSA) is 55.1 Å². The Labute approximate surface area is 62.0 Å². The van der Waals surface area contributed by atoms with Crippen molar-refractivity contribution < 1.29 is 4.79 Å². The van der Waals surface area contributed by atoms with E-state index in [1.165, 1.54) is 0 Å². The second-order valence-electron chi connectivity index (χ2n) is 3.06. The SMILES string of the molecule is CCC(C)(C)NCC(N)=O. The molecule has 0 fully saturated rings. The van der Waals surface area contributed by atoms with Crippen molar-refractivity contribution in [1.82, 2.24) is 5.32 Å². The summed E-state index contributed by atoms with van der Waals surface area (Å²) in [4.78, 5) is 10.3. The maximum Gasteiger partial charge on any atom is 0.231 e. The lowest BCUT2D eigenvalue weighted by molar-refractivity contribution is -0.117. The number of rotatable bonds is 4. The number of hydrogen-bond donors (Lipinski definition) is 2. The van der Waals surface area contributed by atoms with E-state index < -0.39 is 0 Å². The van der Waals surface area contributed by atoms with Crippen LogP contribution in [-0.2, 0) is 4.79 Å². The second kappa shape index (κ2) is 3.56. The third-order valence-electron chi connectivity index (χ3n) is 1.63. The van der Waals surface area contributed by atoms with Gasteiger partial charge in [-0.15, -0.1) is 0 Å². The fourth-order valence-corrected chi connectivity index (χ4v) is 0.451. The van der Waals surface area contributed by atoms with E-state index in [1.54, 1.807) is 0 Å². The number of nitrogens with two attached hydrogens (primary N) is 1. The molecule has 0 saturated heterocycles. The Morgan fingerprint density at radius 2 is 2.10 bits per heavy atom. The largest absolute Gasteiger partial charge is 0.369 e. The van der Waals surface area contributed by atoms with Crippen molar-refractivity contribution in [2.24, 2.45) is 5.73 Å². The van der Waals surface area contributed by atoms with Crippen LogP contribution < -0.4 is 11.1 Å². The molecule has 0 aromatic heterocycles. The molecule has 60 valence electrons. The van der Waals surface area contributed by atoms with Crippen LogP contribution in [0.3, 0.4) is 0 Å². The Kier molecular flexibility index (Phi) is 3.36. The summed E-state index contributed by atoms with van der Waals surface area (Å²) >= 11 is 0. The average molecular weight is 144 g/mol. The van der Waals surface area contributed by atoms with Crippen molar-refractivity contribution in [3.63, 3.8) is 0 Å². The van der Waals surface area contributed by atoms with Gasteiger partial charge in [0.2, 0.25) is 5.91 Å². The first-order chi connectivity index (χ1) is 4.48. The van der Waals surface area contributed by atoms with Gasteiger partial charge in [0.05, 0.1) is 6.54 Å². The fraction of sp³-hybridized carbons (Fsp3) is 0.857. The summed E-state index contributed by atoms with van der Waals surface area (Å²) in [5.41, 5.74) is 4.98. The van der Waals surface area contributed by atoms with E-state index in [9.17, 15) is 4.79 Å². The number of nitrogens with one attached hydrogen (secondary N) is 1. The number of amides is 1. The zero-order valence-corrected chi connectivity index (χ0v) is 6.90. The number of carbonyl (C=O) groups is 1. The highest BCUT2D eigenvalue weighted by Crippen LogP contribution is 2.05. The zero-order valence-electron chi connectivity index (χ0n) is 6.90. The lowest BCUT2D eigenvalue weighted by atomic mass is 10.0. The van der Waals surface area contributed by atoms with Gasteiger partial charge in [-0.05, 0) is 20.3 Å². The van der Waals surface area contributed by atoms with Crippen LogP contribution in [0.1, 0.15) is 27.2 Å². The molecule has 0 bridgehead atoms. The Balaban J connectivity index is 3.56. The molecule has 0 heterocycles. The monoisotopic (exact) mass is 144 g/mol. The summed E-state index contributed by atoms with van der Waals surface area (Å²) in [5, 5.41) is 3.03. The van der Waals surface area contributed by atoms with Gasteiger partial charge < -0.3 is 11.1 Å². The van der Waals surface area contributed by atoms with Crippen LogP contribution in [0.5, 0.6) is 0 Å². The maximum absolute atomic E-state index is 10.3. The minimum atomic E-state index is -0.304. The predicted octanol–water partition coefficient (Wildman–Crippen LogP) is 0.250. The highest BCUT2D eigenvalue weighted by Gasteiger charge is 2.13. The van der Waals surface area contributed by atoms with Gasteiger partial charge in [0.15, 0.2) is 0 Å². The van der Waals surface area contributed by atoms with E-state index in [4.69, 9.17) is 5.73 Å². The lowest BCUT2D eigenvalue weighted by Gasteiger charge is -2.23. The van der Waals surface area contributed by atoms with Gasteiger partial charge in [-0.2, -0.15) is 0 Å². The van der Waals surface area contributed by atoms with Crippen LogP contribution in [0.2, 0.25) is 0 Å². The molecule has 0 spiro atoms. The predicted molar refractivity (Wildman–Crippen MR) is 41.6 cm³/mol. The van der Waals surface area contributed by atoms with Gasteiger partial charge in [0, 0.05) is 5.54 Å². The van der Waals surface area contributed by atoms with Gasteiger partial charge in [0.25, 0.3) is 0 Å². The van der Waals surface area contributed by atoms with Crippen LogP contribution in [0.25, 0.3) is 0 Å². The maximum atomic E-state index is 10.3. The third kappa shape index (κ3) is 4.32. The van der Waals surface area contributed by atoms with Gasteiger partial charge in [-0.25, -0.2) is 0 Å². The minimum absolute atomic E-state index is 0.0228. The Bertz CT molecular complexity index is 121. The highest BCUT2D eigenvalue weighted by molar-refractivity contribution is 5.75. The van der Waals surface area contributed by atoms with Crippen molar-refractivity contribution in [3.05, 3.63) is 0 Å². The highest BCUT2D eigenvalue weighted by atomic mass is 16.1. The van der Waals surface area contributed by atoms with Crippen molar-refractivity contribution >= 4 is 5.91 Å². The summed E-state index contributed by atoms with van der Waals surface area (Å²) in [6.07, 6.45) is 0.986. The summed E-state index contributed by atoms with van der Waals surface area (Å²) in [7, 11) is 0. The number of hydrogen-bond acceptors (Lipinski definition) is 2. The van der Waals surface area contributed by atoms with E-state index in [2.05, 4.69) is 12.2 Å².